The fraction of sp³-hybridized carbons (Fsp3) is 0.600. The van der Waals surface area contributed by atoms with Gasteiger partial charge in [0.2, 0.25) is 5.91 Å². The average molecular weight is 358 g/mol. The number of hydrogen-bond acceptors (Lipinski definition) is 4. The van der Waals surface area contributed by atoms with Crippen LogP contribution in [0, 0.1) is 17.1 Å². The molecule has 1 saturated carbocycles. The highest BCUT2D eigenvalue weighted by Gasteiger charge is 2.39. The molecule has 140 valence electrons. The summed E-state index contributed by atoms with van der Waals surface area (Å²) in [5.74, 6) is -0.196. The van der Waals surface area contributed by atoms with Crippen LogP contribution in [0.4, 0.5) is 10.1 Å². The minimum Gasteiger partial charge on any atom is -0.369 e. The van der Waals surface area contributed by atoms with Gasteiger partial charge in [-0.05, 0) is 37.1 Å². The van der Waals surface area contributed by atoms with Crippen molar-refractivity contribution < 1.29 is 9.18 Å². The third kappa shape index (κ3) is 3.99. The topological polar surface area (TPSA) is 50.6 Å². The van der Waals surface area contributed by atoms with E-state index in [1.54, 1.807) is 24.1 Å². The molecule has 1 aromatic rings. The molecule has 0 aromatic heterocycles. The molecule has 0 radical (unpaired) electrons. The van der Waals surface area contributed by atoms with Crippen molar-refractivity contribution in [2.75, 3.05) is 44.7 Å². The van der Waals surface area contributed by atoms with Crippen LogP contribution in [0.3, 0.4) is 0 Å². The number of anilines is 1. The molecule has 1 aliphatic carbocycles. The highest BCUT2D eigenvalue weighted by Crippen LogP contribution is 2.32. The number of hydrogen-bond donors (Lipinski definition) is 0. The monoisotopic (exact) mass is 358 g/mol. The van der Waals surface area contributed by atoms with E-state index >= 15 is 0 Å². The van der Waals surface area contributed by atoms with Crippen LogP contribution in [0.15, 0.2) is 24.3 Å². The molecule has 0 unspecified atom stereocenters. The number of nitrogens with zero attached hydrogens (tertiary/aromatic N) is 4. The summed E-state index contributed by atoms with van der Waals surface area (Å²) in [4.78, 5) is 18.8. The van der Waals surface area contributed by atoms with Gasteiger partial charge in [0.15, 0.2) is 0 Å². The lowest BCUT2D eigenvalue weighted by molar-refractivity contribution is -0.136. The Morgan fingerprint density at radius 1 is 1.15 bits per heavy atom. The van der Waals surface area contributed by atoms with E-state index in [0.29, 0.717) is 6.54 Å². The lowest BCUT2D eigenvalue weighted by atomic mass is 9.81. The number of piperazine rings is 1. The summed E-state index contributed by atoms with van der Waals surface area (Å²) in [6, 6.07) is 8.96. The number of halogens is 1. The predicted molar refractivity (Wildman–Crippen MR) is 99.3 cm³/mol. The normalized spacial score (nSPS) is 20.4. The maximum Gasteiger partial charge on any atom is 0.237 e. The number of benzene rings is 1. The van der Waals surface area contributed by atoms with Crippen molar-refractivity contribution in [1.29, 1.82) is 5.26 Å². The van der Waals surface area contributed by atoms with Crippen molar-refractivity contribution in [3.05, 3.63) is 30.1 Å². The van der Waals surface area contributed by atoms with Crippen molar-refractivity contribution in [3.8, 4) is 6.07 Å². The van der Waals surface area contributed by atoms with Gasteiger partial charge in [0.1, 0.15) is 11.4 Å². The zero-order valence-corrected chi connectivity index (χ0v) is 15.5. The number of carbonyl (C=O) groups is 1. The third-order valence-corrected chi connectivity index (χ3v) is 5.83. The van der Waals surface area contributed by atoms with Gasteiger partial charge >= 0.3 is 0 Å². The van der Waals surface area contributed by atoms with Gasteiger partial charge in [-0.3, -0.25) is 9.69 Å². The zero-order valence-electron chi connectivity index (χ0n) is 15.5. The molecule has 6 heteroatoms. The van der Waals surface area contributed by atoms with Crippen LogP contribution >= 0.6 is 0 Å². The Labute approximate surface area is 155 Å². The predicted octanol–water partition coefficient (Wildman–Crippen LogP) is 2.63. The van der Waals surface area contributed by atoms with Crippen LogP contribution in [0.25, 0.3) is 0 Å². The summed E-state index contributed by atoms with van der Waals surface area (Å²) < 4.78 is 13.1. The molecular weight excluding hydrogens is 331 g/mol. The molecule has 5 nitrogen and oxygen atoms in total. The van der Waals surface area contributed by atoms with Crippen molar-refractivity contribution in [1.82, 2.24) is 9.80 Å². The van der Waals surface area contributed by atoms with Gasteiger partial charge in [0.05, 0.1) is 12.6 Å². The molecular formula is C20H27FN4O. The first-order valence-corrected chi connectivity index (χ1v) is 9.45. The smallest absolute Gasteiger partial charge is 0.237 e. The SMILES string of the molecule is CN(C(=O)CN1CCN(c2ccc(F)cc2)CC1)C1(C#N)CCCCC1. The van der Waals surface area contributed by atoms with E-state index in [-0.39, 0.29) is 11.7 Å². The number of rotatable bonds is 4. The minimum atomic E-state index is -0.620. The Balaban J connectivity index is 1.53. The Bertz CT molecular complexity index is 655. The molecule has 3 rings (SSSR count). The number of amides is 1. The zero-order chi connectivity index (χ0) is 18.6. The fourth-order valence-electron chi connectivity index (χ4n) is 4.01. The summed E-state index contributed by atoms with van der Waals surface area (Å²) in [6.07, 6.45) is 4.74. The van der Waals surface area contributed by atoms with E-state index in [0.717, 1.165) is 64.0 Å². The fourth-order valence-corrected chi connectivity index (χ4v) is 4.01. The van der Waals surface area contributed by atoms with E-state index in [4.69, 9.17) is 0 Å². The number of likely N-dealkylation sites (N-methyl/N-ethyl adjacent to an activating group) is 1. The Kier molecular flexibility index (Phi) is 5.77. The quantitative estimate of drug-likeness (QED) is 0.830. The van der Waals surface area contributed by atoms with Crippen molar-refractivity contribution >= 4 is 11.6 Å². The second kappa shape index (κ2) is 8.05. The lowest BCUT2D eigenvalue weighted by Crippen LogP contribution is -2.55. The third-order valence-electron chi connectivity index (χ3n) is 5.83. The van der Waals surface area contributed by atoms with E-state index in [9.17, 15) is 14.4 Å². The molecule has 1 aromatic carbocycles. The van der Waals surface area contributed by atoms with Gasteiger partial charge in [-0.25, -0.2) is 4.39 Å². The largest absolute Gasteiger partial charge is 0.369 e. The molecule has 1 saturated heterocycles. The van der Waals surface area contributed by atoms with Crippen LogP contribution in [-0.2, 0) is 4.79 Å². The van der Waals surface area contributed by atoms with E-state index < -0.39 is 5.54 Å². The second-order valence-corrected chi connectivity index (χ2v) is 7.40. The molecule has 2 fully saturated rings. The molecule has 0 N–H and O–H groups in total. The first kappa shape index (κ1) is 18.7. The van der Waals surface area contributed by atoms with Crippen molar-refractivity contribution in [2.24, 2.45) is 0 Å². The van der Waals surface area contributed by atoms with Crippen LogP contribution in [0.1, 0.15) is 32.1 Å². The van der Waals surface area contributed by atoms with Crippen molar-refractivity contribution in [2.45, 2.75) is 37.6 Å². The highest BCUT2D eigenvalue weighted by atomic mass is 19.1. The van der Waals surface area contributed by atoms with Gasteiger partial charge in [-0.15, -0.1) is 0 Å². The van der Waals surface area contributed by atoms with Gasteiger partial charge < -0.3 is 9.80 Å². The lowest BCUT2D eigenvalue weighted by Gasteiger charge is -2.41. The van der Waals surface area contributed by atoms with Gasteiger partial charge in [0.25, 0.3) is 0 Å². The maximum atomic E-state index is 13.1. The first-order valence-electron chi connectivity index (χ1n) is 9.45. The summed E-state index contributed by atoms with van der Waals surface area (Å²) in [5, 5.41) is 9.66. The summed E-state index contributed by atoms with van der Waals surface area (Å²) >= 11 is 0. The molecule has 1 heterocycles. The van der Waals surface area contributed by atoms with Crippen LogP contribution in [0.5, 0.6) is 0 Å². The summed E-state index contributed by atoms with van der Waals surface area (Å²) in [5.41, 5.74) is 0.394. The number of carbonyl (C=O) groups excluding carboxylic acids is 1. The average Bonchev–Trinajstić information content (AvgIpc) is 2.69. The van der Waals surface area contributed by atoms with Gasteiger partial charge in [0, 0.05) is 38.9 Å². The standard InChI is InChI=1S/C20H27FN4O/c1-23(20(16-22)9-3-2-4-10-20)19(26)15-24-11-13-25(14-12-24)18-7-5-17(21)6-8-18/h5-8H,2-4,9-15H2,1H3. The van der Waals surface area contributed by atoms with Crippen LogP contribution in [-0.4, -0.2) is 61.0 Å². The van der Waals surface area contributed by atoms with Gasteiger partial charge in [-0.1, -0.05) is 19.3 Å². The van der Waals surface area contributed by atoms with Gasteiger partial charge in [-0.2, -0.15) is 5.26 Å². The van der Waals surface area contributed by atoms with E-state index in [1.165, 1.54) is 12.1 Å². The molecule has 26 heavy (non-hydrogen) atoms. The van der Waals surface area contributed by atoms with Crippen molar-refractivity contribution in [3.63, 3.8) is 0 Å². The summed E-state index contributed by atoms with van der Waals surface area (Å²) in [6.45, 7) is 3.56. The minimum absolute atomic E-state index is 0.0312. The Hall–Kier alpha value is -2.13. The molecule has 1 amide bonds. The molecule has 0 spiro atoms. The highest BCUT2D eigenvalue weighted by molar-refractivity contribution is 5.79. The second-order valence-electron chi connectivity index (χ2n) is 7.40. The van der Waals surface area contributed by atoms with Crippen LogP contribution < -0.4 is 4.90 Å². The first-order chi connectivity index (χ1) is 12.5. The Morgan fingerprint density at radius 3 is 2.35 bits per heavy atom. The van der Waals surface area contributed by atoms with E-state index in [1.807, 2.05) is 0 Å². The Morgan fingerprint density at radius 2 is 1.77 bits per heavy atom. The molecule has 1 aliphatic heterocycles. The summed E-state index contributed by atoms with van der Waals surface area (Å²) in [7, 11) is 1.78. The van der Waals surface area contributed by atoms with E-state index in [2.05, 4.69) is 15.9 Å². The van der Waals surface area contributed by atoms with Crippen LogP contribution in [0.2, 0.25) is 0 Å². The maximum absolute atomic E-state index is 13.1. The molecule has 2 aliphatic rings. The molecule has 0 bridgehead atoms. The number of nitriles is 1. The molecule has 0 atom stereocenters.